The molecule has 1 fully saturated rings. The number of halogens is 3. The Bertz CT molecular complexity index is 1230. The van der Waals surface area contributed by atoms with Gasteiger partial charge >= 0.3 is 11.9 Å². The van der Waals surface area contributed by atoms with Gasteiger partial charge in [-0.15, -0.1) is 0 Å². The van der Waals surface area contributed by atoms with Gasteiger partial charge in [0.1, 0.15) is 17.3 Å². The molecule has 0 aliphatic heterocycles. The first-order chi connectivity index (χ1) is 17.2. The number of ether oxygens (including phenoxy) is 2. The van der Waals surface area contributed by atoms with Crippen LogP contribution in [0.2, 0.25) is 5.02 Å². The number of carboxylic acid groups (broad SMARTS) is 1. The minimum atomic E-state index is -2.97. The molecule has 8 heteroatoms. The standard InChI is InChI=1S/C28H25ClF2O5/c1-17(32)35-25(15-20-11-14-22(30)16-24(20)36-23-5-3-2-4-6-23)28(31,27(33)34)26(18-7-8-18)19-9-12-21(29)13-10-19/h2-6,9-14,16,18,25-26H,7-8,15H2,1H3,(H,33,34)/t25-,26+,28-/m0/s1. The van der Waals surface area contributed by atoms with Crippen LogP contribution in [0.3, 0.4) is 0 Å². The summed E-state index contributed by atoms with van der Waals surface area (Å²) in [5.74, 6) is -4.02. The Hall–Kier alpha value is -3.45. The second-order valence-electron chi connectivity index (χ2n) is 8.91. The summed E-state index contributed by atoms with van der Waals surface area (Å²) in [6.45, 7) is 1.09. The van der Waals surface area contributed by atoms with Crippen molar-refractivity contribution in [1.82, 2.24) is 0 Å². The fourth-order valence-electron chi connectivity index (χ4n) is 4.51. The highest BCUT2D eigenvalue weighted by atomic mass is 35.5. The smallest absolute Gasteiger partial charge is 0.346 e. The summed E-state index contributed by atoms with van der Waals surface area (Å²) in [5.41, 5.74) is -2.23. The highest BCUT2D eigenvalue weighted by Crippen LogP contribution is 2.52. The van der Waals surface area contributed by atoms with Gasteiger partial charge in [-0.25, -0.2) is 13.6 Å². The second kappa shape index (κ2) is 10.7. The van der Waals surface area contributed by atoms with Crippen molar-refractivity contribution in [2.45, 2.75) is 43.9 Å². The average molecular weight is 515 g/mol. The largest absolute Gasteiger partial charge is 0.479 e. The van der Waals surface area contributed by atoms with Crippen LogP contribution >= 0.6 is 11.6 Å². The predicted octanol–water partition coefficient (Wildman–Crippen LogP) is 6.73. The number of aliphatic carboxylic acids is 1. The zero-order valence-corrected chi connectivity index (χ0v) is 20.3. The van der Waals surface area contributed by atoms with E-state index in [1.165, 1.54) is 6.07 Å². The third-order valence-electron chi connectivity index (χ3n) is 6.29. The van der Waals surface area contributed by atoms with E-state index in [0.29, 0.717) is 34.7 Å². The van der Waals surface area contributed by atoms with Crippen molar-refractivity contribution < 1.29 is 33.0 Å². The number of esters is 1. The molecule has 0 spiro atoms. The summed E-state index contributed by atoms with van der Waals surface area (Å²) < 4.78 is 42.3. The summed E-state index contributed by atoms with van der Waals surface area (Å²) in [6, 6.07) is 18.6. The van der Waals surface area contributed by atoms with Gasteiger partial charge in [0, 0.05) is 30.4 Å². The van der Waals surface area contributed by atoms with Crippen LogP contribution in [0.5, 0.6) is 11.5 Å². The molecule has 4 rings (SSSR count). The van der Waals surface area contributed by atoms with Crippen molar-refractivity contribution in [2.24, 2.45) is 5.92 Å². The van der Waals surface area contributed by atoms with Crippen LogP contribution in [0.1, 0.15) is 36.8 Å². The van der Waals surface area contributed by atoms with Gasteiger partial charge in [0.15, 0.2) is 6.10 Å². The van der Waals surface area contributed by atoms with Crippen LogP contribution in [-0.2, 0) is 20.7 Å². The fourth-order valence-corrected chi connectivity index (χ4v) is 4.64. The fraction of sp³-hybridized carbons (Fsp3) is 0.286. The number of carbonyl (C=O) groups is 2. The monoisotopic (exact) mass is 514 g/mol. The van der Waals surface area contributed by atoms with Crippen molar-refractivity contribution in [3.8, 4) is 11.5 Å². The number of carbonyl (C=O) groups excluding carboxylic acids is 1. The number of rotatable bonds is 10. The minimum Gasteiger partial charge on any atom is -0.479 e. The zero-order valence-electron chi connectivity index (χ0n) is 19.5. The first kappa shape index (κ1) is 25.6. The number of hydrogen-bond donors (Lipinski definition) is 1. The molecule has 0 bridgehead atoms. The van der Waals surface area contributed by atoms with Crippen LogP contribution in [0, 0.1) is 11.7 Å². The van der Waals surface area contributed by atoms with E-state index in [-0.39, 0.29) is 18.1 Å². The van der Waals surface area contributed by atoms with E-state index in [2.05, 4.69) is 0 Å². The predicted molar refractivity (Wildman–Crippen MR) is 131 cm³/mol. The molecular formula is C28H25ClF2O5. The third-order valence-corrected chi connectivity index (χ3v) is 6.54. The number of para-hydroxylation sites is 1. The third kappa shape index (κ3) is 5.68. The van der Waals surface area contributed by atoms with Crippen molar-refractivity contribution in [3.63, 3.8) is 0 Å². The summed E-state index contributed by atoms with van der Waals surface area (Å²) in [5, 5.41) is 10.7. The molecule has 1 aliphatic carbocycles. The van der Waals surface area contributed by atoms with E-state index in [9.17, 15) is 19.1 Å². The lowest BCUT2D eigenvalue weighted by atomic mass is 9.75. The lowest BCUT2D eigenvalue weighted by molar-refractivity contribution is -0.174. The van der Waals surface area contributed by atoms with Gasteiger partial charge in [0.2, 0.25) is 0 Å². The van der Waals surface area contributed by atoms with E-state index in [0.717, 1.165) is 19.1 Å². The number of alkyl halides is 1. The van der Waals surface area contributed by atoms with Gasteiger partial charge < -0.3 is 14.6 Å². The molecule has 0 unspecified atom stereocenters. The topological polar surface area (TPSA) is 72.8 Å². The Kier molecular flexibility index (Phi) is 7.59. The molecule has 1 N–H and O–H groups in total. The molecule has 36 heavy (non-hydrogen) atoms. The van der Waals surface area contributed by atoms with E-state index in [4.69, 9.17) is 21.1 Å². The summed E-state index contributed by atoms with van der Waals surface area (Å²) in [6.07, 6.45) is -0.783. The number of hydrogen-bond acceptors (Lipinski definition) is 4. The molecule has 3 aromatic carbocycles. The van der Waals surface area contributed by atoms with E-state index in [1.54, 1.807) is 54.6 Å². The first-order valence-corrected chi connectivity index (χ1v) is 11.9. The molecule has 1 aliphatic rings. The molecule has 3 aromatic rings. The minimum absolute atomic E-state index is 0.0700. The number of benzene rings is 3. The summed E-state index contributed by atoms with van der Waals surface area (Å²) in [4.78, 5) is 24.6. The molecular weight excluding hydrogens is 490 g/mol. The molecule has 5 nitrogen and oxygen atoms in total. The second-order valence-corrected chi connectivity index (χ2v) is 9.35. The lowest BCUT2D eigenvalue weighted by Crippen LogP contribution is -2.53. The van der Waals surface area contributed by atoms with Gasteiger partial charge in [0.25, 0.3) is 5.67 Å². The van der Waals surface area contributed by atoms with Crippen molar-refractivity contribution in [1.29, 1.82) is 0 Å². The maximum absolute atomic E-state index is 17.0. The maximum Gasteiger partial charge on any atom is 0.346 e. The van der Waals surface area contributed by atoms with Crippen molar-refractivity contribution in [2.75, 3.05) is 0 Å². The van der Waals surface area contributed by atoms with Gasteiger partial charge in [-0.1, -0.05) is 48.0 Å². The quantitative estimate of drug-likeness (QED) is 0.304. The van der Waals surface area contributed by atoms with Crippen LogP contribution in [0.15, 0.2) is 72.8 Å². The molecule has 188 valence electrons. The summed E-state index contributed by atoms with van der Waals surface area (Å²) in [7, 11) is 0. The zero-order chi connectivity index (χ0) is 25.9. The summed E-state index contributed by atoms with van der Waals surface area (Å²) >= 11 is 6.00. The van der Waals surface area contributed by atoms with E-state index >= 15 is 4.39 Å². The van der Waals surface area contributed by atoms with Gasteiger partial charge in [-0.2, -0.15) is 0 Å². The molecule has 0 aromatic heterocycles. The maximum atomic E-state index is 17.0. The van der Waals surface area contributed by atoms with E-state index in [1.807, 2.05) is 0 Å². The Morgan fingerprint density at radius 3 is 2.33 bits per heavy atom. The van der Waals surface area contributed by atoms with Crippen molar-refractivity contribution >= 4 is 23.5 Å². The molecule has 0 amide bonds. The normalized spacial score (nSPS) is 16.4. The van der Waals surface area contributed by atoms with E-state index < -0.39 is 35.4 Å². The average Bonchev–Trinajstić information content (AvgIpc) is 3.67. The molecule has 0 heterocycles. The molecule has 0 radical (unpaired) electrons. The van der Waals surface area contributed by atoms with Crippen molar-refractivity contribution in [3.05, 3.63) is 94.8 Å². The Labute approximate surface area is 212 Å². The molecule has 0 saturated heterocycles. The van der Waals surface area contributed by atoms with Crippen LogP contribution in [0.25, 0.3) is 0 Å². The lowest BCUT2D eigenvalue weighted by Gasteiger charge is -2.37. The molecule has 3 atom stereocenters. The Balaban J connectivity index is 1.76. The highest BCUT2D eigenvalue weighted by Gasteiger charge is 2.59. The SMILES string of the molecule is CC(=O)O[C@@H](Cc1ccc(F)cc1Oc1ccccc1)[C@@](F)(C(=O)O)[C@@H](c1ccc(Cl)cc1)C1CC1. The van der Waals surface area contributed by atoms with Crippen LogP contribution < -0.4 is 4.74 Å². The van der Waals surface area contributed by atoms with Crippen LogP contribution in [0.4, 0.5) is 8.78 Å². The van der Waals surface area contributed by atoms with Gasteiger partial charge in [-0.3, -0.25) is 4.79 Å². The van der Waals surface area contributed by atoms with Crippen LogP contribution in [-0.4, -0.2) is 28.8 Å². The Morgan fingerprint density at radius 1 is 1.08 bits per heavy atom. The highest BCUT2D eigenvalue weighted by molar-refractivity contribution is 6.30. The molecule has 1 saturated carbocycles. The van der Waals surface area contributed by atoms with Gasteiger partial charge in [-0.05, 0) is 60.2 Å². The Morgan fingerprint density at radius 2 is 1.75 bits per heavy atom. The van der Waals surface area contributed by atoms with Gasteiger partial charge in [0.05, 0.1) is 0 Å². The number of carboxylic acids is 1. The first-order valence-electron chi connectivity index (χ1n) is 11.5.